The molecule has 2 rings (SSSR count). The van der Waals surface area contributed by atoms with Crippen molar-refractivity contribution >= 4 is 12.4 Å². The summed E-state index contributed by atoms with van der Waals surface area (Å²) in [4.78, 5) is 2.50. The molecule has 2 heterocycles. The molecule has 0 radical (unpaired) electrons. The summed E-state index contributed by atoms with van der Waals surface area (Å²) >= 11 is 0. The van der Waals surface area contributed by atoms with Crippen LogP contribution in [0.5, 0.6) is 5.88 Å². The molecule has 24 heavy (non-hydrogen) atoms. The van der Waals surface area contributed by atoms with Gasteiger partial charge >= 0.3 is 0 Å². The van der Waals surface area contributed by atoms with Gasteiger partial charge in [0, 0.05) is 32.2 Å². The average Bonchev–Trinajstić information content (AvgIpc) is 2.70. The monoisotopic (exact) mass is 358 g/mol. The second kappa shape index (κ2) is 8.54. The van der Waals surface area contributed by atoms with Gasteiger partial charge in [-0.05, 0) is 31.6 Å². The van der Waals surface area contributed by atoms with Gasteiger partial charge in [0.1, 0.15) is 0 Å². The number of nitrogens with two attached hydrogens (primary N) is 1. The third kappa shape index (κ3) is 4.87. The van der Waals surface area contributed by atoms with Gasteiger partial charge in [-0.3, -0.25) is 4.90 Å². The Morgan fingerprint density at radius 3 is 2.58 bits per heavy atom. The van der Waals surface area contributed by atoms with Crippen molar-refractivity contribution < 1.29 is 4.74 Å². The number of hydrogen-bond acceptors (Lipinski definition) is 4. The zero-order valence-corrected chi connectivity index (χ0v) is 16.9. The van der Waals surface area contributed by atoms with Crippen molar-refractivity contribution in [3.05, 3.63) is 11.3 Å². The summed E-state index contributed by atoms with van der Waals surface area (Å²) in [5, 5.41) is 4.73. The van der Waals surface area contributed by atoms with Crippen molar-refractivity contribution in [2.24, 2.45) is 17.1 Å². The van der Waals surface area contributed by atoms with Crippen LogP contribution in [0.25, 0.3) is 0 Å². The van der Waals surface area contributed by atoms with E-state index in [4.69, 9.17) is 15.6 Å². The highest BCUT2D eigenvalue weighted by molar-refractivity contribution is 5.85. The lowest BCUT2D eigenvalue weighted by Gasteiger charge is -2.42. The van der Waals surface area contributed by atoms with E-state index < -0.39 is 0 Å². The second-order valence-electron chi connectivity index (χ2n) is 7.97. The molecular formula is C18H35ClN4O. The quantitative estimate of drug-likeness (QED) is 0.848. The molecule has 1 saturated heterocycles. The van der Waals surface area contributed by atoms with E-state index in [-0.39, 0.29) is 23.9 Å². The van der Waals surface area contributed by atoms with E-state index in [2.05, 4.69) is 39.5 Å². The molecule has 0 aliphatic carbocycles. The summed E-state index contributed by atoms with van der Waals surface area (Å²) in [5.74, 6) is 1.50. The number of piperidine rings is 1. The first-order valence-electron chi connectivity index (χ1n) is 8.91. The summed E-state index contributed by atoms with van der Waals surface area (Å²) in [6, 6.07) is 0.287. The predicted molar refractivity (Wildman–Crippen MR) is 102 cm³/mol. The lowest BCUT2D eigenvalue weighted by molar-refractivity contribution is 0.0887. The molecule has 1 aliphatic rings. The van der Waals surface area contributed by atoms with Crippen molar-refractivity contribution in [1.29, 1.82) is 0 Å². The van der Waals surface area contributed by atoms with Gasteiger partial charge in [-0.25, -0.2) is 4.68 Å². The normalized spacial score (nSPS) is 20.9. The Morgan fingerprint density at radius 1 is 1.38 bits per heavy atom. The molecule has 1 aromatic rings. The van der Waals surface area contributed by atoms with Gasteiger partial charge in [-0.2, -0.15) is 5.10 Å². The van der Waals surface area contributed by atoms with E-state index in [0.717, 1.165) is 44.2 Å². The Balaban J connectivity index is 0.00000288. The van der Waals surface area contributed by atoms with Crippen LogP contribution in [0, 0.1) is 18.3 Å². The fourth-order valence-corrected chi connectivity index (χ4v) is 3.39. The number of nitrogens with zero attached hydrogens (tertiary/aromatic N) is 3. The Bertz CT molecular complexity index is 527. The second-order valence-corrected chi connectivity index (χ2v) is 7.97. The number of aromatic nitrogens is 2. The first-order chi connectivity index (χ1) is 10.7. The highest BCUT2D eigenvalue weighted by Gasteiger charge is 2.34. The molecule has 1 atom stereocenters. The molecule has 1 aliphatic heterocycles. The summed E-state index contributed by atoms with van der Waals surface area (Å²) in [6.07, 6.45) is 1.05. The average molecular weight is 359 g/mol. The SMILES string of the molecule is CCOc1c(CN2CCC(N)C(C)(C)C2)c(C)nn1CC(C)C.Cl. The van der Waals surface area contributed by atoms with Gasteiger partial charge in [0.2, 0.25) is 5.88 Å². The Hall–Kier alpha value is -0.780. The molecule has 0 aromatic carbocycles. The largest absolute Gasteiger partial charge is 0.478 e. The van der Waals surface area contributed by atoms with Crippen LogP contribution >= 0.6 is 12.4 Å². The summed E-state index contributed by atoms with van der Waals surface area (Å²) < 4.78 is 7.99. The van der Waals surface area contributed by atoms with Crippen LogP contribution in [-0.4, -0.2) is 40.4 Å². The molecule has 5 nitrogen and oxygen atoms in total. The molecule has 140 valence electrons. The van der Waals surface area contributed by atoms with Gasteiger partial charge in [-0.1, -0.05) is 27.7 Å². The van der Waals surface area contributed by atoms with Crippen molar-refractivity contribution in [1.82, 2.24) is 14.7 Å². The minimum Gasteiger partial charge on any atom is -0.478 e. The molecule has 1 aromatic heterocycles. The van der Waals surface area contributed by atoms with E-state index in [1.165, 1.54) is 5.56 Å². The smallest absolute Gasteiger partial charge is 0.216 e. The van der Waals surface area contributed by atoms with Crippen LogP contribution in [0.15, 0.2) is 0 Å². The van der Waals surface area contributed by atoms with Crippen LogP contribution in [0.4, 0.5) is 0 Å². The maximum Gasteiger partial charge on any atom is 0.216 e. The van der Waals surface area contributed by atoms with E-state index >= 15 is 0 Å². The van der Waals surface area contributed by atoms with Gasteiger partial charge in [0.15, 0.2) is 0 Å². The molecule has 1 unspecified atom stereocenters. The number of ether oxygens (including phenoxy) is 1. The van der Waals surface area contributed by atoms with Gasteiger partial charge in [0.25, 0.3) is 0 Å². The van der Waals surface area contributed by atoms with Crippen LogP contribution in [0.1, 0.15) is 52.3 Å². The molecule has 0 bridgehead atoms. The van der Waals surface area contributed by atoms with Crippen LogP contribution in [0.2, 0.25) is 0 Å². The molecular weight excluding hydrogens is 324 g/mol. The minimum atomic E-state index is 0. The lowest BCUT2D eigenvalue weighted by atomic mass is 9.79. The van der Waals surface area contributed by atoms with E-state index in [1.54, 1.807) is 0 Å². The number of rotatable bonds is 6. The van der Waals surface area contributed by atoms with Crippen LogP contribution < -0.4 is 10.5 Å². The summed E-state index contributed by atoms with van der Waals surface area (Å²) in [5.41, 5.74) is 8.75. The number of halogens is 1. The number of hydrogen-bond donors (Lipinski definition) is 1. The Morgan fingerprint density at radius 2 is 2.04 bits per heavy atom. The van der Waals surface area contributed by atoms with Crippen molar-refractivity contribution in [2.75, 3.05) is 19.7 Å². The van der Waals surface area contributed by atoms with E-state index in [1.807, 2.05) is 11.6 Å². The molecule has 2 N–H and O–H groups in total. The highest BCUT2D eigenvalue weighted by atomic mass is 35.5. The third-order valence-electron chi connectivity index (χ3n) is 4.79. The van der Waals surface area contributed by atoms with E-state index in [0.29, 0.717) is 12.5 Å². The van der Waals surface area contributed by atoms with Gasteiger partial charge in [-0.15, -0.1) is 12.4 Å². The Kier molecular flexibility index (Phi) is 7.57. The molecule has 0 spiro atoms. The standard InChI is InChI=1S/C18H34N4O.ClH/c1-7-23-17-15(14(4)20-22(17)10-13(2)3)11-21-9-8-16(19)18(5,6)12-21;/h13,16H,7-12,19H2,1-6H3;1H. The maximum atomic E-state index is 6.27. The summed E-state index contributed by atoms with van der Waals surface area (Å²) in [7, 11) is 0. The van der Waals surface area contributed by atoms with Crippen LogP contribution in [0.3, 0.4) is 0 Å². The molecule has 6 heteroatoms. The maximum absolute atomic E-state index is 6.27. The number of aryl methyl sites for hydroxylation is 1. The van der Waals surface area contributed by atoms with Crippen molar-refractivity contribution in [3.63, 3.8) is 0 Å². The van der Waals surface area contributed by atoms with Crippen molar-refractivity contribution in [3.8, 4) is 5.88 Å². The van der Waals surface area contributed by atoms with Gasteiger partial charge < -0.3 is 10.5 Å². The van der Waals surface area contributed by atoms with Crippen LogP contribution in [-0.2, 0) is 13.1 Å². The van der Waals surface area contributed by atoms with Gasteiger partial charge in [0.05, 0.1) is 17.9 Å². The fourth-order valence-electron chi connectivity index (χ4n) is 3.39. The topological polar surface area (TPSA) is 56.3 Å². The molecule has 1 fully saturated rings. The number of likely N-dealkylation sites (tertiary alicyclic amines) is 1. The zero-order chi connectivity index (χ0) is 17.2. The predicted octanol–water partition coefficient (Wildman–Crippen LogP) is 3.23. The molecule has 0 amide bonds. The summed E-state index contributed by atoms with van der Waals surface area (Å²) in [6.45, 7) is 17.6. The van der Waals surface area contributed by atoms with Crippen molar-refractivity contribution in [2.45, 2.75) is 67.1 Å². The third-order valence-corrected chi connectivity index (χ3v) is 4.79. The molecule has 0 saturated carbocycles. The van der Waals surface area contributed by atoms with E-state index in [9.17, 15) is 0 Å². The first-order valence-corrected chi connectivity index (χ1v) is 8.91. The fraction of sp³-hybridized carbons (Fsp3) is 0.833. The minimum absolute atomic E-state index is 0. The highest BCUT2D eigenvalue weighted by Crippen LogP contribution is 2.31. The first kappa shape index (κ1) is 21.3. The lowest BCUT2D eigenvalue weighted by Crippen LogP contribution is -2.52. The Labute approximate surface area is 153 Å². The zero-order valence-electron chi connectivity index (χ0n) is 16.1.